The largest absolute Gasteiger partial charge is 0.377 e. The molecule has 0 spiro atoms. The first-order chi connectivity index (χ1) is 9.67. The van der Waals surface area contributed by atoms with Crippen LogP contribution in [0.3, 0.4) is 0 Å². The Kier molecular flexibility index (Phi) is 5.54. The Balaban J connectivity index is 2.09. The quantitative estimate of drug-likeness (QED) is 0.753. The second-order valence-electron chi connectivity index (χ2n) is 5.84. The lowest BCUT2D eigenvalue weighted by molar-refractivity contribution is 0.0188. The molecule has 1 N–H and O–H groups in total. The molecule has 2 unspecified atom stereocenters. The SMILES string of the molecule is CCNC(Cc1ncnn1C(C)C)C(OCC)C1CC1. The zero-order valence-corrected chi connectivity index (χ0v) is 13.2. The van der Waals surface area contributed by atoms with Crippen molar-refractivity contribution in [3.63, 3.8) is 0 Å². The highest BCUT2D eigenvalue weighted by atomic mass is 16.5. The van der Waals surface area contributed by atoms with Crippen molar-refractivity contribution in [3.8, 4) is 0 Å². The molecule has 0 saturated heterocycles. The van der Waals surface area contributed by atoms with Crippen molar-refractivity contribution in [2.45, 2.75) is 65.1 Å². The molecule has 5 nitrogen and oxygen atoms in total. The number of ether oxygens (including phenoxy) is 1. The van der Waals surface area contributed by atoms with Gasteiger partial charge in [0.15, 0.2) is 0 Å². The third-order valence-electron chi connectivity index (χ3n) is 3.85. The summed E-state index contributed by atoms with van der Waals surface area (Å²) in [6, 6.07) is 0.676. The van der Waals surface area contributed by atoms with Gasteiger partial charge in [-0.3, -0.25) is 0 Å². The Morgan fingerprint density at radius 3 is 2.70 bits per heavy atom. The van der Waals surface area contributed by atoms with Gasteiger partial charge in [-0.2, -0.15) is 5.10 Å². The van der Waals surface area contributed by atoms with Gasteiger partial charge >= 0.3 is 0 Å². The van der Waals surface area contributed by atoms with E-state index in [1.165, 1.54) is 12.8 Å². The maximum atomic E-state index is 6.01. The molecule has 2 rings (SSSR count). The van der Waals surface area contributed by atoms with Crippen LogP contribution in [-0.4, -0.2) is 40.1 Å². The van der Waals surface area contributed by atoms with Crippen molar-refractivity contribution in [2.75, 3.05) is 13.2 Å². The van der Waals surface area contributed by atoms with E-state index in [4.69, 9.17) is 4.74 Å². The highest BCUT2D eigenvalue weighted by Gasteiger charge is 2.37. The van der Waals surface area contributed by atoms with Crippen LogP contribution >= 0.6 is 0 Å². The fraction of sp³-hybridized carbons (Fsp3) is 0.867. The average molecular weight is 280 g/mol. The van der Waals surface area contributed by atoms with Crippen LogP contribution in [0.4, 0.5) is 0 Å². The minimum Gasteiger partial charge on any atom is -0.377 e. The summed E-state index contributed by atoms with van der Waals surface area (Å²) in [5, 5.41) is 7.92. The lowest BCUT2D eigenvalue weighted by Gasteiger charge is -2.28. The van der Waals surface area contributed by atoms with Crippen LogP contribution in [0.25, 0.3) is 0 Å². The van der Waals surface area contributed by atoms with Gasteiger partial charge in [0, 0.05) is 25.1 Å². The van der Waals surface area contributed by atoms with Crippen LogP contribution in [0.5, 0.6) is 0 Å². The maximum absolute atomic E-state index is 6.01. The number of aromatic nitrogens is 3. The Morgan fingerprint density at radius 2 is 2.15 bits per heavy atom. The summed E-state index contributed by atoms with van der Waals surface area (Å²) in [6.07, 6.45) is 5.43. The van der Waals surface area contributed by atoms with Crippen LogP contribution in [-0.2, 0) is 11.2 Å². The van der Waals surface area contributed by atoms with Crippen molar-refractivity contribution < 1.29 is 4.74 Å². The van der Waals surface area contributed by atoms with E-state index >= 15 is 0 Å². The van der Waals surface area contributed by atoms with Gasteiger partial charge < -0.3 is 10.1 Å². The summed E-state index contributed by atoms with van der Waals surface area (Å²) in [5.74, 6) is 1.77. The molecule has 1 fully saturated rings. The summed E-state index contributed by atoms with van der Waals surface area (Å²) in [7, 11) is 0. The highest BCUT2D eigenvalue weighted by molar-refractivity contribution is 4.98. The van der Waals surface area contributed by atoms with E-state index in [9.17, 15) is 0 Å². The van der Waals surface area contributed by atoms with Gasteiger partial charge in [-0.05, 0) is 46.1 Å². The molecule has 2 atom stereocenters. The molecule has 0 aromatic carbocycles. The van der Waals surface area contributed by atoms with E-state index in [0.717, 1.165) is 31.3 Å². The number of hydrogen-bond acceptors (Lipinski definition) is 4. The van der Waals surface area contributed by atoms with Gasteiger partial charge in [-0.1, -0.05) is 6.92 Å². The van der Waals surface area contributed by atoms with Gasteiger partial charge in [-0.15, -0.1) is 0 Å². The lowest BCUT2D eigenvalue weighted by atomic mass is 10.0. The zero-order valence-electron chi connectivity index (χ0n) is 13.2. The van der Waals surface area contributed by atoms with E-state index in [1.807, 2.05) is 4.68 Å². The van der Waals surface area contributed by atoms with Gasteiger partial charge in [0.25, 0.3) is 0 Å². The Bertz CT molecular complexity index is 400. The molecule has 1 aromatic rings. The van der Waals surface area contributed by atoms with Crippen molar-refractivity contribution >= 4 is 0 Å². The third kappa shape index (κ3) is 3.79. The first-order valence-corrected chi connectivity index (χ1v) is 7.90. The van der Waals surface area contributed by atoms with E-state index in [2.05, 4.69) is 43.1 Å². The number of hydrogen-bond donors (Lipinski definition) is 1. The average Bonchev–Trinajstić information content (AvgIpc) is 3.14. The predicted molar refractivity (Wildman–Crippen MR) is 79.7 cm³/mol. The Labute approximate surface area is 122 Å². The van der Waals surface area contributed by atoms with Crippen molar-refractivity contribution in [3.05, 3.63) is 12.2 Å². The maximum Gasteiger partial charge on any atom is 0.138 e. The molecule has 5 heteroatoms. The van der Waals surface area contributed by atoms with Crippen LogP contribution in [0.1, 0.15) is 52.4 Å². The molecule has 1 aromatic heterocycles. The first-order valence-electron chi connectivity index (χ1n) is 7.90. The van der Waals surface area contributed by atoms with Crippen LogP contribution in [0.2, 0.25) is 0 Å². The molecule has 1 aliphatic carbocycles. The second-order valence-corrected chi connectivity index (χ2v) is 5.84. The van der Waals surface area contributed by atoms with Crippen LogP contribution in [0, 0.1) is 5.92 Å². The topological polar surface area (TPSA) is 52.0 Å². The zero-order chi connectivity index (χ0) is 14.5. The van der Waals surface area contributed by atoms with E-state index < -0.39 is 0 Å². The molecule has 0 amide bonds. The fourth-order valence-electron chi connectivity index (χ4n) is 2.81. The van der Waals surface area contributed by atoms with Gasteiger partial charge in [0.05, 0.1) is 6.10 Å². The number of rotatable bonds is 9. The van der Waals surface area contributed by atoms with Crippen LogP contribution in [0.15, 0.2) is 6.33 Å². The van der Waals surface area contributed by atoms with E-state index in [-0.39, 0.29) is 0 Å². The number of nitrogens with one attached hydrogen (secondary N) is 1. The van der Waals surface area contributed by atoms with E-state index in [1.54, 1.807) is 6.33 Å². The predicted octanol–water partition coefficient (Wildman–Crippen LogP) is 2.19. The van der Waals surface area contributed by atoms with Crippen LogP contribution < -0.4 is 5.32 Å². The van der Waals surface area contributed by atoms with Gasteiger partial charge in [0.1, 0.15) is 12.2 Å². The first kappa shape index (κ1) is 15.4. The van der Waals surface area contributed by atoms with E-state index in [0.29, 0.717) is 18.2 Å². The lowest BCUT2D eigenvalue weighted by Crippen LogP contribution is -2.45. The standard InChI is InChI=1S/C15H28N4O/c1-5-16-13(15(20-6-2)12-7-8-12)9-14-17-10-18-19(14)11(3)4/h10-13,15-16H,5-9H2,1-4H3. The van der Waals surface area contributed by atoms with Crippen molar-refractivity contribution in [1.82, 2.24) is 20.1 Å². The molecule has 0 aliphatic heterocycles. The fourth-order valence-corrected chi connectivity index (χ4v) is 2.81. The summed E-state index contributed by atoms with van der Waals surface area (Å²) >= 11 is 0. The van der Waals surface area contributed by atoms with Crippen molar-refractivity contribution in [2.24, 2.45) is 5.92 Å². The number of likely N-dealkylation sites (N-methyl/N-ethyl adjacent to an activating group) is 1. The summed E-state index contributed by atoms with van der Waals surface area (Å²) in [4.78, 5) is 4.44. The normalized spacial score (nSPS) is 18.4. The molecule has 1 heterocycles. The minimum absolute atomic E-state index is 0.303. The summed E-state index contributed by atoms with van der Waals surface area (Å²) in [5.41, 5.74) is 0. The van der Waals surface area contributed by atoms with Gasteiger partial charge in [0.2, 0.25) is 0 Å². The number of nitrogens with zero attached hydrogens (tertiary/aromatic N) is 3. The Hall–Kier alpha value is -0.940. The molecule has 0 radical (unpaired) electrons. The molecule has 1 aliphatic rings. The molecule has 1 saturated carbocycles. The molecule has 114 valence electrons. The molecular weight excluding hydrogens is 252 g/mol. The van der Waals surface area contributed by atoms with Gasteiger partial charge in [-0.25, -0.2) is 9.67 Å². The molecule has 20 heavy (non-hydrogen) atoms. The molecular formula is C15H28N4O. The smallest absolute Gasteiger partial charge is 0.138 e. The Morgan fingerprint density at radius 1 is 1.40 bits per heavy atom. The summed E-state index contributed by atoms with van der Waals surface area (Å²) in [6.45, 7) is 10.2. The third-order valence-corrected chi connectivity index (χ3v) is 3.85. The second kappa shape index (κ2) is 7.18. The van der Waals surface area contributed by atoms with Crippen molar-refractivity contribution in [1.29, 1.82) is 0 Å². The summed E-state index contributed by atoms with van der Waals surface area (Å²) < 4.78 is 8.02. The highest BCUT2D eigenvalue weighted by Crippen LogP contribution is 2.36. The minimum atomic E-state index is 0.303. The molecule has 0 bridgehead atoms. The monoisotopic (exact) mass is 280 g/mol.